The standard InChI is InChI=1S/C13H24N2O3/c1-11(12(16)17)15-8-6-14(7-9-15)10-13(18)4-2-3-5-13/h11,18H,2-10H2,1H3,(H,16,17). The number of hydrogen-bond donors (Lipinski definition) is 2. The first-order chi connectivity index (χ1) is 8.50. The Hall–Kier alpha value is -0.650. The zero-order valence-corrected chi connectivity index (χ0v) is 11.1. The molecule has 2 aliphatic rings. The SMILES string of the molecule is CC(C(=O)O)N1CCN(CC2(O)CCCC2)CC1. The van der Waals surface area contributed by atoms with Crippen molar-refractivity contribution in [3.8, 4) is 0 Å². The molecule has 0 aromatic carbocycles. The lowest BCUT2D eigenvalue weighted by Gasteiger charge is -2.39. The van der Waals surface area contributed by atoms with Gasteiger partial charge in [-0.15, -0.1) is 0 Å². The number of carbonyl (C=O) groups is 1. The fraction of sp³-hybridized carbons (Fsp3) is 0.923. The molecular formula is C13H24N2O3. The van der Waals surface area contributed by atoms with E-state index in [9.17, 15) is 9.90 Å². The smallest absolute Gasteiger partial charge is 0.320 e. The molecule has 1 atom stereocenters. The molecule has 0 aromatic heterocycles. The lowest BCUT2D eigenvalue weighted by atomic mass is 10.0. The monoisotopic (exact) mass is 256 g/mol. The zero-order valence-electron chi connectivity index (χ0n) is 11.1. The van der Waals surface area contributed by atoms with Crippen LogP contribution in [0.15, 0.2) is 0 Å². The van der Waals surface area contributed by atoms with Crippen molar-refractivity contribution in [3.63, 3.8) is 0 Å². The fourth-order valence-electron chi connectivity index (χ4n) is 3.07. The van der Waals surface area contributed by atoms with E-state index in [2.05, 4.69) is 4.90 Å². The molecule has 2 rings (SSSR count). The highest BCUT2D eigenvalue weighted by molar-refractivity contribution is 5.72. The molecule has 0 spiro atoms. The largest absolute Gasteiger partial charge is 0.480 e. The van der Waals surface area contributed by atoms with Gasteiger partial charge in [-0.2, -0.15) is 0 Å². The van der Waals surface area contributed by atoms with Gasteiger partial charge in [0.25, 0.3) is 0 Å². The van der Waals surface area contributed by atoms with Crippen LogP contribution in [-0.4, -0.2) is 70.3 Å². The molecule has 18 heavy (non-hydrogen) atoms. The van der Waals surface area contributed by atoms with Gasteiger partial charge in [0.05, 0.1) is 5.60 Å². The molecule has 0 radical (unpaired) electrons. The van der Waals surface area contributed by atoms with E-state index in [1.807, 2.05) is 4.90 Å². The van der Waals surface area contributed by atoms with Gasteiger partial charge in [0.2, 0.25) is 0 Å². The number of carboxylic acid groups (broad SMARTS) is 1. The van der Waals surface area contributed by atoms with E-state index >= 15 is 0 Å². The number of piperazine rings is 1. The number of nitrogens with zero attached hydrogens (tertiary/aromatic N) is 2. The molecule has 0 bridgehead atoms. The molecule has 0 aromatic rings. The van der Waals surface area contributed by atoms with Crippen molar-refractivity contribution >= 4 is 5.97 Å². The summed E-state index contributed by atoms with van der Waals surface area (Å²) in [6.45, 7) is 5.78. The summed E-state index contributed by atoms with van der Waals surface area (Å²) in [6.07, 6.45) is 4.09. The van der Waals surface area contributed by atoms with E-state index in [4.69, 9.17) is 5.11 Å². The van der Waals surface area contributed by atoms with E-state index in [-0.39, 0.29) is 0 Å². The maximum atomic E-state index is 10.9. The second-order valence-electron chi connectivity index (χ2n) is 5.76. The molecule has 1 saturated carbocycles. The second kappa shape index (κ2) is 5.55. The Labute approximate surface area is 108 Å². The van der Waals surface area contributed by atoms with E-state index in [0.29, 0.717) is 0 Å². The van der Waals surface area contributed by atoms with Crippen molar-refractivity contribution < 1.29 is 15.0 Å². The topological polar surface area (TPSA) is 64.0 Å². The molecule has 2 N–H and O–H groups in total. The van der Waals surface area contributed by atoms with Crippen LogP contribution in [0.5, 0.6) is 0 Å². The molecule has 5 nitrogen and oxygen atoms in total. The first kappa shape index (κ1) is 13.8. The van der Waals surface area contributed by atoms with Crippen LogP contribution in [-0.2, 0) is 4.79 Å². The summed E-state index contributed by atoms with van der Waals surface area (Å²) < 4.78 is 0. The van der Waals surface area contributed by atoms with Gasteiger partial charge in [-0.05, 0) is 19.8 Å². The van der Waals surface area contributed by atoms with Gasteiger partial charge in [-0.1, -0.05) is 12.8 Å². The van der Waals surface area contributed by atoms with Crippen LogP contribution in [0.3, 0.4) is 0 Å². The van der Waals surface area contributed by atoms with Gasteiger partial charge >= 0.3 is 5.97 Å². The maximum absolute atomic E-state index is 10.9. The number of hydrogen-bond acceptors (Lipinski definition) is 4. The Morgan fingerprint density at radius 1 is 1.22 bits per heavy atom. The minimum atomic E-state index is -0.752. The van der Waals surface area contributed by atoms with Gasteiger partial charge in [0, 0.05) is 32.7 Å². The van der Waals surface area contributed by atoms with E-state index in [1.54, 1.807) is 6.92 Å². The number of carboxylic acids is 1. The Balaban J connectivity index is 1.78. The van der Waals surface area contributed by atoms with Gasteiger partial charge in [-0.3, -0.25) is 14.6 Å². The highest BCUT2D eigenvalue weighted by Gasteiger charge is 2.34. The van der Waals surface area contributed by atoms with Crippen LogP contribution >= 0.6 is 0 Å². The number of aliphatic hydroxyl groups is 1. The summed E-state index contributed by atoms with van der Waals surface area (Å²) in [5, 5.41) is 19.3. The second-order valence-corrected chi connectivity index (χ2v) is 5.76. The van der Waals surface area contributed by atoms with Crippen molar-refractivity contribution in [2.75, 3.05) is 32.7 Å². The fourth-order valence-corrected chi connectivity index (χ4v) is 3.07. The van der Waals surface area contributed by atoms with Crippen molar-refractivity contribution in [3.05, 3.63) is 0 Å². The highest BCUT2D eigenvalue weighted by Crippen LogP contribution is 2.30. The van der Waals surface area contributed by atoms with Crippen LogP contribution < -0.4 is 0 Å². The van der Waals surface area contributed by atoms with Gasteiger partial charge in [0.1, 0.15) is 6.04 Å². The van der Waals surface area contributed by atoms with Crippen LogP contribution in [0, 0.1) is 0 Å². The predicted molar refractivity (Wildman–Crippen MR) is 68.5 cm³/mol. The third-order valence-electron chi connectivity index (χ3n) is 4.36. The predicted octanol–water partition coefficient (Wildman–Crippen LogP) is 0.382. The van der Waals surface area contributed by atoms with Crippen molar-refractivity contribution in [2.24, 2.45) is 0 Å². The molecule has 1 unspecified atom stereocenters. The summed E-state index contributed by atoms with van der Waals surface area (Å²) >= 11 is 0. The lowest BCUT2D eigenvalue weighted by Crippen LogP contribution is -2.54. The summed E-state index contributed by atoms with van der Waals surface area (Å²) in [7, 11) is 0. The van der Waals surface area contributed by atoms with Crippen LogP contribution in [0.2, 0.25) is 0 Å². The van der Waals surface area contributed by atoms with Gasteiger partial charge < -0.3 is 10.2 Å². The molecule has 2 fully saturated rings. The number of rotatable bonds is 4. The van der Waals surface area contributed by atoms with Crippen LogP contribution in [0.4, 0.5) is 0 Å². The third kappa shape index (κ3) is 3.22. The van der Waals surface area contributed by atoms with Crippen LogP contribution in [0.1, 0.15) is 32.6 Å². The average molecular weight is 256 g/mol. The molecule has 0 amide bonds. The molecule has 1 heterocycles. The molecule has 1 aliphatic carbocycles. The Kier molecular flexibility index (Phi) is 4.25. The van der Waals surface area contributed by atoms with Gasteiger partial charge in [0.15, 0.2) is 0 Å². The average Bonchev–Trinajstić information content (AvgIpc) is 2.76. The normalized spacial score (nSPS) is 27.2. The minimum Gasteiger partial charge on any atom is -0.480 e. The minimum absolute atomic E-state index is 0.401. The molecular weight excluding hydrogens is 232 g/mol. The molecule has 1 aliphatic heterocycles. The van der Waals surface area contributed by atoms with Gasteiger partial charge in [-0.25, -0.2) is 0 Å². The van der Waals surface area contributed by atoms with Crippen molar-refractivity contribution in [1.82, 2.24) is 9.80 Å². The third-order valence-corrected chi connectivity index (χ3v) is 4.36. The van der Waals surface area contributed by atoms with Crippen LogP contribution in [0.25, 0.3) is 0 Å². The first-order valence-corrected chi connectivity index (χ1v) is 6.92. The maximum Gasteiger partial charge on any atom is 0.320 e. The quantitative estimate of drug-likeness (QED) is 0.761. The Bertz CT molecular complexity index is 295. The Morgan fingerprint density at radius 2 is 1.78 bits per heavy atom. The van der Waals surface area contributed by atoms with E-state index < -0.39 is 17.6 Å². The number of aliphatic carboxylic acids is 1. The zero-order chi connectivity index (χ0) is 13.2. The van der Waals surface area contributed by atoms with E-state index in [1.165, 1.54) is 0 Å². The molecule has 1 saturated heterocycles. The summed E-state index contributed by atoms with van der Waals surface area (Å²) in [4.78, 5) is 15.2. The highest BCUT2D eigenvalue weighted by atomic mass is 16.4. The van der Waals surface area contributed by atoms with Crippen molar-refractivity contribution in [1.29, 1.82) is 0 Å². The Morgan fingerprint density at radius 3 is 2.28 bits per heavy atom. The van der Waals surface area contributed by atoms with E-state index in [0.717, 1.165) is 58.4 Å². The number of β-amino-alcohol motifs (C(OH)–C–C–N with tert-alkyl or cyclic N) is 1. The summed E-state index contributed by atoms with van der Waals surface area (Å²) in [6, 6.07) is -0.401. The van der Waals surface area contributed by atoms with Crippen molar-refractivity contribution in [2.45, 2.75) is 44.2 Å². The molecule has 5 heteroatoms. The summed E-state index contributed by atoms with van der Waals surface area (Å²) in [5.41, 5.74) is -0.486. The first-order valence-electron chi connectivity index (χ1n) is 6.92. The lowest BCUT2D eigenvalue weighted by molar-refractivity contribution is -0.143. The molecule has 104 valence electrons. The summed E-state index contributed by atoms with van der Waals surface area (Å²) in [5.74, 6) is -0.752.